The van der Waals surface area contributed by atoms with Crippen molar-refractivity contribution in [3.8, 4) is 5.75 Å². The van der Waals surface area contributed by atoms with Gasteiger partial charge in [-0.05, 0) is 29.7 Å². The van der Waals surface area contributed by atoms with E-state index in [9.17, 15) is 23.6 Å². The molecule has 0 atom stereocenters. The minimum atomic E-state index is -4.37. The Bertz CT molecular complexity index is 764. The Kier molecular flexibility index (Phi) is 4.54. The van der Waals surface area contributed by atoms with Gasteiger partial charge in [-0.3, -0.25) is 14.7 Å². The van der Waals surface area contributed by atoms with E-state index in [0.29, 0.717) is 0 Å². The summed E-state index contributed by atoms with van der Waals surface area (Å²) in [6.07, 6.45) is 0. The fourth-order valence-corrected chi connectivity index (χ4v) is 2.15. The summed E-state index contributed by atoms with van der Waals surface area (Å²) in [4.78, 5) is 9.67. The summed E-state index contributed by atoms with van der Waals surface area (Å²) in [6.45, 7) is 0. The van der Waals surface area contributed by atoms with Crippen molar-refractivity contribution in [3.05, 3.63) is 40.4 Å². The smallest absolute Gasteiger partial charge is 1.00 e. The second-order valence-electron chi connectivity index (χ2n) is 3.55. The van der Waals surface area contributed by atoms with E-state index in [1.807, 2.05) is 0 Å². The normalized spacial score (nSPS) is 11.0. The molecule has 9 heteroatoms. The first-order valence-corrected chi connectivity index (χ1v) is 6.12. The summed E-state index contributed by atoms with van der Waals surface area (Å²) in [5.41, 5.74) is -0.505. The van der Waals surface area contributed by atoms with E-state index < -0.39 is 26.5 Å². The van der Waals surface area contributed by atoms with Crippen LogP contribution in [0.2, 0.25) is 0 Å². The third-order valence-corrected chi connectivity index (χ3v) is 3.27. The summed E-state index contributed by atoms with van der Waals surface area (Å²) in [5, 5.41) is 20.5. The van der Waals surface area contributed by atoms with Crippen LogP contribution in [0.4, 0.5) is 5.69 Å². The Morgan fingerprint density at radius 1 is 1.21 bits per heavy atom. The summed E-state index contributed by atoms with van der Waals surface area (Å²) < 4.78 is 30.7. The Morgan fingerprint density at radius 2 is 1.84 bits per heavy atom. The van der Waals surface area contributed by atoms with Gasteiger partial charge in [0.15, 0.2) is 5.75 Å². The minimum absolute atomic E-state index is 0. The number of benzene rings is 2. The van der Waals surface area contributed by atoms with Crippen LogP contribution in [-0.4, -0.2) is 23.0 Å². The minimum Gasteiger partial charge on any atom is -1.00 e. The van der Waals surface area contributed by atoms with Crippen molar-refractivity contribution in [2.75, 3.05) is 0 Å². The van der Waals surface area contributed by atoms with Crippen molar-refractivity contribution in [2.24, 2.45) is 0 Å². The van der Waals surface area contributed by atoms with Crippen molar-refractivity contribution >= 4 is 26.6 Å². The van der Waals surface area contributed by atoms with E-state index in [1.165, 1.54) is 6.07 Å². The van der Waals surface area contributed by atoms with Gasteiger partial charge in [-0.15, -0.1) is 0 Å². The molecule has 0 heterocycles. The number of phenols is 1. The number of nitro benzene ring substituents is 1. The molecule has 2 N–H and O–H groups in total. The van der Waals surface area contributed by atoms with E-state index in [-0.39, 0.29) is 46.7 Å². The van der Waals surface area contributed by atoms with Crippen LogP contribution >= 0.6 is 0 Å². The molecule has 7 nitrogen and oxygen atoms in total. The average Bonchev–Trinajstić information content (AvgIpc) is 2.26. The van der Waals surface area contributed by atoms with E-state index in [1.54, 1.807) is 0 Å². The van der Waals surface area contributed by atoms with Gasteiger partial charge in [-0.1, -0.05) is 6.07 Å². The first-order chi connectivity index (χ1) is 8.30. The first-order valence-electron chi connectivity index (χ1n) is 4.68. The molecule has 0 aromatic heterocycles. The molecular formula is C10H8NNaO6S. The molecule has 0 saturated heterocycles. The zero-order valence-electron chi connectivity index (χ0n) is 10.8. The molecular weight excluding hydrogens is 285 g/mol. The molecule has 0 saturated carbocycles. The molecule has 0 aliphatic heterocycles. The SMILES string of the molecule is O=[N+]([O-])c1c(O)ccc2cc(S(=O)(=O)O)ccc12.[H-].[Na+]. The van der Waals surface area contributed by atoms with Crippen molar-refractivity contribution in [3.63, 3.8) is 0 Å². The molecule has 0 spiro atoms. The number of hydrogen-bond acceptors (Lipinski definition) is 5. The van der Waals surface area contributed by atoms with Crippen LogP contribution in [0.5, 0.6) is 5.75 Å². The molecule has 0 aliphatic carbocycles. The zero-order valence-corrected chi connectivity index (χ0v) is 12.6. The van der Waals surface area contributed by atoms with Crippen molar-refractivity contribution in [1.82, 2.24) is 0 Å². The predicted octanol–water partition coefficient (Wildman–Crippen LogP) is -1.18. The van der Waals surface area contributed by atoms with E-state index in [4.69, 9.17) is 4.55 Å². The van der Waals surface area contributed by atoms with Gasteiger partial charge in [-0.2, -0.15) is 8.42 Å². The van der Waals surface area contributed by atoms with E-state index >= 15 is 0 Å². The maximum absolute atomic E-state index is 10.9. The molecule has 0 amide bonds. The van der Waals surface area contributed by atoms with E-state index in [0.717, 1.165) is 24.3 Å². The molecule has 0 bridgehead atoms. The quantitative estimate of drug-likeness (QED) is 0.311. The van der Waals surface area contributed by atoms with Crippen molar-refractivity contribution < 1.29 is 54.0 Å². The van der Waals surface area contributed by atoms with Gasteiger partial charge in [0.05, 0.1) is 15.2 Å². The molecule has 2 aromatic rings. The van der Waals surface area contributed by atoms with Crippen LogP contribution in [0.15, 0.2) is 35.2 Å². The summed E-state index contributed by atoms with van der Waals surface area (Å²) in [6, 6.07) is 5.71. The number of fused-ring (bicyclic) bond motifs is 1. The Balaban J connectivity index is 0.00000180. The molecule has 2 aromatic carbocycles. The van der Waals surface area contributed by atoms with Crippen LogP contribution in [-0.2, 0) is 10.1 Å². The van der Waals surface area contributed by atoms with Gasteiger partial charge < -0.3 is 6.53 Å². The number of aromatic hydroxyl groups is 1. The fourth-order valence-electron chi connectivity index (χ4n) is 1.63. The van der Waals surface area contributed by atoms with Gasteiger partial charge >= 0.3 is 35.2 Å². The molecule has 0 aliphatic rings. The summed E-state index contributed by atoms with van der Waals surface area (Å²) in [5.74, 6) is -0.507. The maximum atomic E-state index is 10.9. The van der Waals surface area contributed by atoms with Crippen LogP contribution < -0.4 is 29.6 Å². The van der Waals surface area contributed by atoms with Crippen molar-refractivity contribution in [1.29, 1.82) is 0 Å². The van der Waals surface area contributed by atoms with Gasteiger partial charge in [0.1, 0.15) is 0 Å². The third-order valence-electron chi connectivity index (χ3n) is 2.42. The van der Waals surface area contributed by atoms with Gasteiger partial charge in [-0.25, -0.2) is 0 Å². The first kappa shape index (κ1) is 15.9. The Labute approximate surface area is 131 Å². The standard InChI is InChI=1S/C10H7NO6S.Na.H/c12-9-4-1-6-5-7(18(15,16)17)2-3-8(6)10(9)11(13)14;;/h1-5,12H,(H,15,16,17);;/q;+1;-1. The van der Waals surface area contributed by atoms with E-state index in [2.05, 4.69) is 0 Å². The number of nitro groups is 1. The Morgan fingerprint density at radius 3 is 2.37 bits per heavy atom. The molecule has 96 valence electrons. The molecule has 19 heavy (non-hydrogen) atoms. The van der Waals surface area contributed by atoms with Gasteiger partial charge in [0.2, 0.25) is 0 Å². The third kappa shape index (κ3) is 3.04. The van der Waals surface area contributed by atoms with Gasteiger partial charge in [0, 0.05) is 0 Å². The topological polar surface area (TPSA) is 118 Å². The van der Waals surface area contributed by atoms with Crippen LogP contribution in [0.25, 0.3) is 10.8 Å². The second-order valence-corrected chi connectivity index (χ2v) is 4.97. The average molecular weight is 293 g/mol. The van der Waals surface area contributed by atoms with Crippen LogP contribution in [0, 0.1) is 10.1 Å². The predicted molar refractivity (Wildman–Crippen MR) is 63.2 cm³/mol. The number of hydrogen-bond donors (Lipinski definition) is 2. The molecule has 0 radical (unpaired) electrons. The zero-order chi connectivity index (χ0) is 13.5. The number of rotatable bonds is 2. The molecule has 0 unspecified atom stereocenters. The van der Waals surface area contributed by atoms with Gasteiger partial charge in [0.25, 0.3) is 10.1 Å². The maximum Gasteiger partial charge on any atom is 1.00 e. The molecule has 0 fully saturated rings. The fraction of sp³-hybridized carbons (Fsp3) is 0. The number of phenolic OH excluding ortho intramolecular Hbond substituents is 1. The summed E-state index contributed by atoms with van der Waals surface area (Å²) >= 11 is 0. The summed E-state index contributed by atoms with van der Waals surface area (Å²) in [7, 11) is -4.37. The van der Waals surface area contributed by atoms with Crippen molar-refractivity contribution in [2.45, 2.75) is 4.90 Å². The van der Waals surface area contributed by atoms with Crippen LogP contribution in [0.3, 0.4) is 0 Å². The second kappa shape index (κ2) is 5.43. The van der Waals surface area contributed by atoms with Crippen LogP contribution in [0.1, 0.15) is 1.43 Å². The number of nitrogens with zero attached hydrogens (tertiary/aromatic N) is 1. The largest absolute Gasteiger partial charge is 1.00 e. The Hall–Kier alpha value is -1.19. The molecule has 2 rings (SSSR count). The monoisotopic (exact) mass is 293 g/mol.